The van der Waals surface area contributed by atoms with E-state index in [1.165, 1.54) is 25.3 Å². The molecule has 1 heterocycles. The third-order valence-electron chi connectivity index (χ3n) is 4.15. The van der Waals surface area contributed by atoms with Crippen molar-refractivity contribution in [2.45, 2.75) is 27.3 Å². The van der Waals surface area contributed by atoms with Crippen LogP contribution in [0.3, 0.4) is 0 Å². The van der Waals surface area contributed by atoms with Crippen LogP contribution in [0.5, 0.6) is 11.5 Å². The first-order valence-corrected chi connectivity index (χ1v) is 8.29. The zero-order chi connectivity index (χ0) is 19.3. The highest BCUT2D eigenvalue weighted by atomic mass is 16.5. The minimum Gasteiger partial charge on any atom is -0.504 e. The molecule has 0 atom stereocenters. The van der Waals surface area contributed by atoms with Gasteiger partial charge >= 0.3 is 5.97 Å². The lowest BCUT2D eigenvalue weighted by molar-refractivity contribution is -0.136. The molecule has 0 fully saturated rings. The number of phenols is 1. The van der Waals surface area contributed by atoms with Crippen LogP contribution in [0.15, 0.2) is 30.3 Å². The van der Waals surface area contributed by atoms with Crippen molar-refractivity contribution in [3.05, 3.63) is 52.9 Å². The summed E-state index contributed by atoms with van der Waals surface area (Å²) in [7, 11) is 1.44. The molecule has 0 spiro atoms. The number of rotatable bonds is 7. The first-order chi connectivity index (χ1) is 12.4. The minimum atomic E-state index is -0.616. The lowest BCUT2D eigenvalue weighted by atomic mass is 10.1. The van der Waals surface area contributed by atoms with Crippen LogP contribution in [0, 0.1) is 13.8 Å². The Morgan fingerprint density at radius 2 is 1.96 bits per heavy atom. The number of aromatic nitrogens is 1. The summed E-state index contributed by atoms with van der Waals surface area (Å²) in [4.78, 5) is 24.1. The fourth-order valence-corrected chi connectivity index (χ4v) is 2.79. The molecule has 0 bridgehead atoms. The molecule has 138 valence electrons. The smallest absolute Gasteiger partial charge is 0.331 e. The number of aryl methyl sites for hydroxylation is 1. The summed E-state index contributed by atoms with van der Waals surface area (Å²) in [6.07, 6.45) is 2.76. The van der Waals surface area contributed by atoms with Gasteiger partial charge in [-0.25, -0.2) is 4.79 Å². The van der Waals surface area contributed by atoms with Crippen LogP contribution in [-0.2, 0) is 16.1 Å². The van der Waals surface area contributed by atoms with E-state index in [0.29, 0.717) is 16.9 Å². The molecule has 1 aromatic carbocycles. The van der Waals surface area contributed by atoms with Gasteiger partial charge in [-0.2, -0.15) is 0 Å². The highest BCUT2D eigenvalue weighted by molar-refractivity contribution is 6.00. The standard InChI is InChI=1S/C20H23NO5/c1-5-21-13(2)10-16(14(21)3)18(23)12-26-20(24)9-7-15-6-8-17(22)19(11-15)25-4/h6-11,22H,5,12H2,1-4H3/b9-7+. The maximum absolute atomic E-state index is 12.3. The molecule has 1 aromatic heterocycles. The third kappa shape index (κ3) is 4.33. The number of phenolic OH excluding ortho intramolecular Hbond substituents is 1. The van der Waals surface area contributed by atoms with E-state index in [1.807, 2.05) is 31.4 Å². The van der Waals surface area contributed by atoms with Gasteiger partial charge in [-0.3, -0.25) is 4.79 Å². The Bertz CT molecular complexity index is 848. The number of carbonyl (C=O) groups excluding carboxylic acids is 2. The second-order valence-corrected chi connectivity index (χ2v) is 5.82. The van der Waals surface area contributed by atoms with Crippen molar-refractivity contribution in [2.75, 3.05) is 13.7 Å². The van der Waals surface area contributed by atoms with Gasteiger partial charge in [-0.1, -0.05) is 6.07 Å². The fraction of sp³-hybridized carbons (Fsp3) is 0.300. The van der Waals surface area contributed by atoms with Gasteiger partial charge in [0.1, 0.15) is 0 Å². The van der Waals surface area contributed by atoms with Crippen LogP contribution in [0.2, 0.25) is 0 Å². The number of carbonyl (C=O) groups is 2. The van der Waals surface area contributed by atoms with Crippen molar-refractivity contribution >= 4 is 17.8 Å². The summed E-state index contributed by atoms with van der Waals surface area (Å²) in [6.45, 7) is 6.30. The topological polar surface area (TPSA) is 77.8 Å². The maximum atomic E-state index is 12.3. The Balaban J connectivity index is 1.97. The Kier molecular flexibility index (Phi) is 6.22. The molecule has 0 amide bonds. The number of Topliss-reactive ketones (excluding diaryl/α,β-unsaturated/α-hetero) is 1. The number of methoxy groups -OCH3 is 1. The number of ether oxygens (including phenoxy) is 2. The molecule has 26 heavy (non-hydrogen) atoms. The van der Waals surface area contributed by atoms with Crippen molar-refractivity contribution in [1.82, 2.24) is 4.57 Å². The van der Waals surface area contributed by atoms with E-state index < -0.39 is 5.97 Å². The molecule has 0 aliphatic carbocycles. The van der Waals surface area contributed by atoms with E-state index in [9.17, 15) is 14.7 Å². The molecule has 0 unspecified atom stereocenters. The van der Waals surface area contributed by atoms with Crippen LogP contribution >= 0.6 is 0 Å². The largest absolute Gasteiger partial charge is 0.504 e. The predicted octanol–water partition coefficient (Wildman–Crippen LogP) is 3.28. The second-order valence-electron chi connectivity index (χ2n) is 5.82. The van der Waals surface area contributed by atoms with Gasteiger partial charge in [0.2, 0.25) is 5.78 Å². The SMILES string of the molecule is CCn1c(C)cc(C(=O)COC(=O)/C=C/c2ccc(O)c(OC)c2)c1C. The van der Waals surface area contributed by atoms with Crippen molar-refractivity contribution in [2.24, 2.45) is 0 Å². The number of ketones is 1. The highest BCUT2D eigenvalue weighted by Crippen LogP contribution is 2.26. The molecular weight excluding hydrogens is 334 g/mol. The summed E-state index contributed by atoms with van der Waals surface area (Å²) in [6, 6.07) is 6.50. The summed E-state index contributed by atoms with van der Waals surface area (Å²) in [5, 5.41) is 9.55. The minimum absolute atomic E-state index is 0.0162. The first kappa shape index (κ1) is 19.3. The molecule has 0 aliphatic rings. The number of aromatic hydroxyl groups is 1. The molecule has 2 rings (SSSR count). The lowest BCUT2D eigenvalue weighted by Crippen LogP contribution is -2.13. The van der Waals surface area contributed by atoms with Gasteiger partial charge in [0.15, 0.2) is 18.1 Å². The number of nitrogens with zero attached hydrogens (tertiary/aromatic N) is 1. The van der Waals surface area contributed by atoms with Gasteiger partial charge in [0.25, 0.3) is 0 Å². The van der Waals surface area contributed by atoms with Gasteiger partial charge in [-0.05, 0) is 50.6 Å². The number of benzene rings is 1. The van der Waals surface area contributed by atoms with Crippen LogP contribution in [0.1, 0.15) is 34.2 Å². The third-order valence-corrected chi connectivity index (χ3v) is 4.15. The Hall–Kier alpha value is -3.02. The number of esters is 1. The molecule has 6 heteroatoms. The quantitative estimate of drug-likeness (QED) is 0.467. The molecule has 0 radical (unpaired) electrons. The summed E-state index contributed by atoms with van der Waals surface area (Å²) >= 11 is 0. The Morgan fingerprint density at radius 3 is 2.58 bits per heavy atom. The van der Waals surface area contributed by atoms with E-state index in [4.69, 9.17) is 9.47 Å². The zero-order valence-corrected chi connectivity index (χ0v) is 15.4. The van der Waals surface area contributed by atoms with Gasteiger partial charge in [0, 0.05) is 29.6 Å². The molecule has 6 nitrogen and oxygen atoms in total. The van der Waals surface area contributed by atoms with Crippen LogP contribution in [0.4, 0.5) is 0 Å². The van der Waals surface area contributed by atoms with Crippen molar-refractivity contribution < 1.29 is 24.2 Å². The fourth-order valence-electron chi connectivity index (χ4n) is 2.79. The highest BCUT2D eigenvalue weighted by Gasteiger charge is 2.16. The van der Waals surface area contributed by atoms with Crippen LogP contribution in [-0.4, -0.2) is 35.1 Å². The normalized spacial score (nSPS) is 10.9. The van der Waals surface area contributed by atoms with Gasteiger partial charge in [0.05, 0.1) is 7.11 Å². The van der Waals surface area contributed by atoms with Crippen LogP contribution < -0.4 is 4.74 Å². The van der Waals surface area contributed by atoms with E-state index in [1.54, 1.807) is 12.1 Å². The molecule has 1 N–H and O–H groups in total. The van der Waals surface area contributed by atoms with Gasteiger partial charge < -0.3 is 19.1 Å². The van der Waals surface area contributed by atoms with Crippen molar-refractivity contribution in [1.29, 1.82) is 0 Å². The first-order valence-electron chi connectivity index (χ1n) is 8.29. The van der Waals surface area contributed by atoms with Crippen molar-refractivity contribution in [3.63, 3.8) is 0 Å². The summed E-state index contributed by atoms with van der Waals surface area (Å²) in [5.74, 6) is -0.523. The molecule has 2 aromatic rings. The van der Waals surface area contributed by atoms with E-state index in [0.717, 1.165) is 17.9 Å². The number of hydrogen-bond donors (Lipinski definition) is 1. The monoisotopic (exact) mass is 357 g/mol. The molecule has 0 saturated carbocycles. The molecular formula is C20H23NO5. The summed E-state index contributed by atoms with van der Waals surface area (Å²) < 4.78 is 12.1. The Morgan fingerprint density at radius 1 is 1.23 bits per heavy atom. The van der Waals surface area contributed by atoms with E-state index >= 15 is 0 Å². The predicted molar refractivity (Wildman–Crippen MR) is 98.6 cm³/mol. The second kappa shape index (κ2) is 8.38. The Labute approximate surface area is 152 Å². The van der Waals surface area contributed by atoms with Gasteiger partial charge in [-0.15, -0.1) is 0 Å². The van der Waals surface area contributed by atoms with E-state index in [2.05, 4.69) is 0 Å². The lowest BCUT2D eigenvalue weighted by Gasteiger charge is -2.06. The maximum Gasteiger partial charge on any atom is 0.331 e. The number of hydrogen-bond acceptors (Lipinski definition) is 5. The summed E-state index contributed by atoms with van der Waals surface area (Å²) in [5.41, 5.74) is 3.11. The average molecular weight is 357 g/mol. The van der Waals surface area contributed by atoms with Crippen LogP contribution in [0.25, 0.3) is 6.08 Å². The van der Waals surface area contributed by atoms with E-state index in [-0.39, 0.29) is 18.1 Å². The molecule has 0 saturated heterocycles. The molecule has 0 aliphatic heterocycles. The zero-order valence-electron chi connectivity index (χ0n) is 15.4. The average Bonchev–Trinajstić information content (AvgIpc) is 2.92. The van der Waals surface area contributed by atoms with Crippen molar-refractivity contribution in [3.8, 4) is 11.5 Å².